The van der Waals surface area contributed by atoms with Crippen molar-refractivity contribution in [2.24, 2.45) is 0 Å². The Balaban J connectivity index is 1.71. The molecule has 2 aliphatic rings. The maximum Gasteiger partial charge on any atom is 0.232 e. The van der Waals surface area contributed by atoms with E-state index in [-0.39, 0.29) is 18.2 Å². The molecule has 1 saturated heterocycles. The van der Waals surface area contributed by atoms with Crippen molar-refractivity contribution in [1.29, 1.82) is 0 Å². The molecule has 1 saturated carbocycles. The minimum Gasteiger partial charge on any atom is -0.378 e. The van der Waals surface area contributed by atoms with Crippen LogP contribution >= 0.6 is 0 Å². The first-order chi connectivity index (χ1) is 8.25. The summed E-state index contributed by atoms with van der Waals surface area (Å²) in [6.45, 7) is 2.37. The molecule has 0 atom stereocenters. The summed E-state index contributed by atoms with van der Waals surface area (Å²) >= 11 is 0. The average Bonchev–Trinajstić information content (AvgIpc) is 2.82. The normalized spacial score (nSPS) is 21.5. The van der Waals surface area contributed by atoms with Gasteiger partial charge in [0.25, 0.3) is 0 Å². The van der Waals surface area contributed by atoms with E-state index in [1.807, 2.05) is 0 Å². The van der Waals surface area contributed by atoms with Crippen molar-refractivity contribution in [2.45, 2.75) is 38.1 Å². The van der Waals surface area contributed by atoms with Crippen LogP contribution in [0.3, 0.4) is 0 Å². The maximum atomic E-state index is 11.8. The van der Waals surface area contributed by atoms with Gasteiger partial charge in [-0.2, -0.15) is 0 Å². The summed E-state index contributed by atoms with van der Waals surface area (Å²) in [7, 11) is 0. The molecule has 5 heteroatoms. The Morgan fingerprint density at radius 2 is 1.82 bits per heavy atom. The van der Waals surface area contributed by atoms with Gasteiger partial charge in [-0.05, 0) is 12.8 Å². The van der Waals surface area contributed by atoms with Gasteiger partial charge in [0.05, 0.1) is 13.2 Å². The van der Waals surface area contributed by atoms with Crippen LogP contribution in [0.25, 0.3) is 0 Å². The zero-order valence-electron chi connectivity index (χ0n) is 10.1. The molecule has 2 fully saturated rings. The molecule has 0 unspecified atom stereocenters. The molecular weight excluding hydrogens is 220 g/mol. The molecule has 1 N–H and O–H groups in total. The van der Waals surface area contributed by atoms with Crippen molar-refractivity contribution in [2.75, 3.05) is 26.3 Å². The van der Waals surface area contributed by atoms with Crippen molar-refractivity contribution in [3.8, 4) is 0 Å². The van der Waals surface area contributed by atoms with Crippen molar-refractivity contribution in [3.05, 3.63) is 0 Å². The number of rotatable bonds is 3. The van der Waals surface area contributed by atoms with Crippen LogP contribution in [0.15, 0.2) is 0 Å². The number of hydrogen-bond donors (Lipinski definition) is 1. The summed E-state index contributed by atoms with van der Waals surface area (Å²) < 4.78 is 5.17. The van der Waals surface area contributed by atoms with E-state index in [4.69, 9.17) is 4.74 Å². The highest BCUT2D eigenvalue weighted by molar-refractivity contribution is 5.97. The predicted octanol–water partition coefficient (Wildman–Crippen LogP) is 0.294. The minimum atomic E-state index is -0.131. The van der Waals surface area contributed by atoms with Gasteiger partial charge in [0.2, 0.25) is 11.8 Å². The van der Waals surface area contributed by atoms with Crippen molar-refractivity contribution >= 4 is 11.8 Å². The first-order valence-electron chi connectivity index (χ1n) is 6.40. The summed E-state index contributed by atoms with van der Waals surface area (Å²) in [4.78, 5) is 25.2. The zero-order chi connectivity index (χ0) is 12.1. The largest absolute Gasteiger partial charge is 0.378 e. The lowest BCUT2D eigenvalue weighted by Crippen LogP contribution is -2.43. The van der Waals surface area contributed by atoms with Crippen molar-refractivity contribution in [3.63, 3.8) is 0 Å². The van der Waals surface area contributed by atoms with E-state index in [0.717, 1.165) is 12.8 Å². The zero-order valence-corrected chi connectivity index (χ0v) is 10.1. The van der Waals surface area contributed by atoms with Gasteiger partial charge in [-0.15, -0.1) is 0 Å². The van der Waals surface area contributed by atoms with Gasteiger partial charge in [-0.3, -0.25) is 9.59 Å². The average molecular weight is 240 g/mol. The molecule has 2 rings (SSSR count). The monoisotopic (exact) mass is 240 g/mol. The number of carbonyl (C=O) groups is 2. The number of morpholine rings is 1. The Hall–Kier alpha value is -1.10. The lowest BCUT2D eigenvalue weighted by atomic mass is 10.2. The fraction of sp³-hybridized carbons (Fsp3) is 0.833. The second-order valence-corrected chi connectivity index (χ2v) is 4.72. The van der Waals surface area contributed by atoms with E-state index in [9.17, 15) is 9.59 Å². The molecule has 96 valence electrons. The number of amides is 2. The molecule has 0 spiro atoms. The Morgan fingerprint density at radius 1 is 1.18 bits per heavy atom. The Bertz CT molecular complexity index is 281. The number of nitrogens with zero attached hydrogens (tertiary/aromatic N) is 1. The standard InChI is InChI=1S/C12H20N2O3/c15-11(13-10-3-1-2-4-10)9-12(16)14-5-7-17-8-6-14/h10H,1-9H2,(H,13,15). The van der Waals surface area contributed by atoms with Gasteiger partial charge in [-0.25, -0.2) is 0 Å². The first-order valence-corrected chi connectivity index (χ1v) is 6.40. The quantitative estimate of drug-likeness (QED) is 0.722. The van der Waals surface area contributed by atoms with Crippen LogP contribution in [0, 0.1) is 0 Å². The molecule has 5 nitrogen and oxygen atoms in total. The number of hydrogen-bond acceptors (Lipinski definition) is 3. The van der Waals surface area contributed by atoms with Crippen LogP contribution in [-0.4, -0.2) is 49.1 Å². The number of nitrogens with one attached hydrogen (secondary N) is 1. The number of carbonyl (C=O) groups excluding carboxylic acids is 2. The van der Waals surface area contributed by atoms with E-state index < -0.39 is 0 Å². The van der Waals surface area contributed by atoms with Gasteiger partial charge in [0, 0.05) is 19.1 Å². The third-order valence-electron chi connectivity index (χ3n) is 3.40. The van der Waals surface area contributed by atoms with E-state index in [1.165, 1.54) is 12.8 Å². The van der Waals surface area contributed by atoms with Crippen LogP contribution in [-0.2, 0) is 14.3 Å². The summed E-state index contributed by atoms with van der Waals surface area (Å²) in [5, 5.41) is 2.93. The van der Waals surface area contributed by atoms with Crippen LogP contribution in [0.4, 0.5) is 0 Å². The Morgan fingerprint density at radius 3 is 2.47 bits per heavy atom. The fourth-order valence-electron chi connectivity index (χ4n) is 2.41. The van der Waals surface area contributed by atoms with Gasteiger partial charge in [0.1, 0.15) is 6.42 Å². The SMILES string of the molecule is O=C(CC(=O)N1CCOCC1)NC1CCCC1. The van der Waals surface area contributed by atoms with Crippen LogP contribution in [0.2, 0.25) is 0 Å². The third kappa shape index (κ3) is 3.70. The Kier molecular flexibility index (Phi) is 4.36. The highest BCUT2D eigenvalue weighted by atomic mass is 16.5. The van der Waals surface area contributed by atoms with E-state index >= 15 is 0 Å². The second-order valence-electron chi connectivity index (χ2n) is 4.72. The van der Waals surface area contributed by atoms with Gasteiger partial charge in [0.15, 0.2) is 0 Å². The highest BCUT2D eigenvalue weighted by Crippen LogP contribution is 2.17. The lowest BCUT2D eigenvalue weighted by molar-refractivity contribution is -0.139. The van der Waals surface area contributed by atoms with Crippen LogP contribution < -0.4 is 5.32 Å². The Labute approximate surface area is 101 Å². The van der Waals surface area contributed by atoms with E-state index in [0.29, 0.717) is 32.3 Å². The molecular formula is C12H20N2O3. The molecule has 0 radical (unpaired) electrons. The molecule has 1 aliphatic heterocycles. The summed E-state index contributed by atoms with van der Waals surface area (Å²) in [6.07, 6.45) is 4.45. The van der Waals surface area contributed by atoms with E-state index in [2.05, 4.69) is 5.32 Å². The van der Waals surface area contributed by atoms with Gasteiger partial charge >= 0.3 is 0 Å². The highest BCUT2D eigenvalue weighted by Gasteiger charge is 2.22. The maximum absolute atomic E-state index is 11.8. The predicted molar refractivity (Wildman–Crippen MR) is 62.4 cm³/mol. The smallest absolute Gasteiger partial charge is 0.232 e. The molecule has 0 aromatic rings. The first kappa shape index (κ1) is 12.4. The summed E-state index contributed by atoms with van der Waals surface area (Å²) in [5.41, 5.74) is 0. The van der Waals surface area contributed by atoms with Gasteiger partial charge < -0.3 is 15.0 Å². The molecule has 2 amide bonds. The minimum absolute atomic E-state index is 0.0174. The molecule has 1 aliphatic carbocycles. The third-order valence-corrected chi connectivity index (χ3v) is 3.40. The van der Waals surface area contributed by atoms with Crippen LogP contribution in [0.5, 0.6) is 0 Å². The van der Waals surface area contributed by atoms with Crippen molar-refractivity contribution < 1.29 is 14.3 Å². The molecule has 0 bridgehead atoms. The van der Waals surface area contributed by atoms with Crippen molar-refractivity contribution in [1.82, 2.24) is 10.2 Å². The summed E-state index contributed by atoms with van der Waals surface area (Å²) in [6, 6.07) is 0.292. The lowest BCUT2D eigenvalue weighted by Gasteiger charge is -2.26. The molecule has 0 aromatic heterocycles. The molecule has 0 aromatic carbocycles. The summed E-state index contributed by atoms with van der Waals surface area (Å²) in [5.74, 6) is -0.211. The topological polar surface area (TPSA) is 58.6 Å². The second kappa shape index (κ2) is 6.00. The van der Waals surface area contributed by atoms with E-state index in [1.54, 1.807) is 4.90 Å². The fourth-order valence-corrected chi connectivity index (χ4v) is 2.41. The molecule has 17 heavy (non-hydrogen) atoms. The van der Waals surface area contributed by atoms with Gasteiger partial charge in [-0.1, -0.05) is 12.8 Å². The number of ether oxygens (including phenoxy) is 1. The molecule has 1 heterocycles. The van der Waals surface area contributed by atoms with Crippen LogP contribution in [0.1, 0.15) is 32.1 Å².